The number of β-amino-alcohol motifs (C(OH)–C–C–N with tert-alkyl or cyclic N) is 1. The molecule has 0 spiro atoms. The summed E-state index contributed by atoms with van der Waals surface area (Å²) >= 11 is 0. The first-order valence-electron chi connectivity index (χ1n) is 11.0. The van der Waals surface area contributed by atoms with Crippen molar-refractivity contribution in [3.63, 3.8) is 0 Å². The van der Waals surface area contributed by atoms with Crippen LogP contribution in [0.3, 0.4) is 0 Å². The largest absolute Gasteiger partial charge is 0.466 e. The van der Waals surface area contributed by atoms with Crippen molar-refractivity contribution in [2.45, 2.75) is 57.7 Å². The Morgan fingerprint density at radius 3 is 2.48 bits per heavy atom. The van der Waals surface area contributed by atoms with Gasteiger partial charge in [0.05, 0.1) is 18.6 Å². The first-order chi connectivity index (χ1) is 14.1. The Labute approximate surface area is 174 Å². The van der Waals surface area contributed by atoms with E-state index in [2.05, 4.69) is 39.2 Å². The number of aliphatic hydroxyl groups excluding tert-OH is 1. The molecular weight excluding hydrogens is 368 g/mol. The molecule has 0 bridgehead atoms. The molecule has 0 aliphatic carbocycles. The highest BCUT2D eigenvalue weighted by Gasteiger charge is 2.29. The second kappa shape index (κ2) is 10.9. The van der Waals surface area contributed by atoms with Crippen molar-refractivity contribution in [3.8, 4) is 0 Å². The number of esters is 1. The summed E-state index contributed by atoms with van der Waals surface area (Å²) in [7, 11) is 0. The summed E-state index contributed by atoms with van der Waals surface area (Å²) in [6.07, 6.45) is 7.06. The van der Waals surface area contributed by atoms with Crippen molar-refractivity contribution < 1.29 is 14.6 Å². The zero-order valence-electron chi connectivity index (χ0n) is 17.8. The van der Waals surface area contributed by atoms with E-state index < -0.39 is 6.10 Å². The molecule has 2 fully saturated rings. The van der Waals surface area contributed by atoms with Gasteiger partial charge in [-0.2, -0.15) is 0 Å². The van der Waals surface area contributed by atoms with Crippen LogP contribution in [0.25, 0.3) is 0 Å². The minimum Gasteiger partial charge on any atom is -0.466 e. The monoisotopic (exact) mass is 404 g/mol. The first-order valence-corrected chi connectivity index (χ1v) is 11.0. The number of nitrogens with one attached hydrogen (secondary N) is 1. The van der Waals surface area contributed by atoms with Gasteiger partial charge in [0.25, 0.3) is 0 Å². The molecule has 2 aliphatic heterocycles. The number of rotatable bonds is 8. The van der Waals surface area contributed by atoms with Crippen molar-refractivity contribution in [1.82, 2.24) is 15.2 Å². The second-order valence-electron chi connectivity index (χ2n) is 8.32. The third-order valence-electron chi connectivity index (χ3n) is 6.25. The van der Waals surface area contributed by atoms with Gasteiger partial charge in [0.2, 0.25) is 0 Å². The maximum atomic E-state index is 11.9. The van der Waals surface area contributed by atoms with Crippen LogP contribution in [-0.4, -0.2) is 78.5 Å². The molecule has 29 heavy (non-hydrogen) atoms. The highest BCUT2D eigenvalue weighted by atomic mass is 16.5. The van der Waals surface area contributed by atoms with E-state index in [0.29, 0.717) is 19.2 Å². The highest BCUT2D eigenvalue weighted by Crippen LogP contribution is 2.21. The number of anilines is 1. The minimum atomic E-state index is -0.410. The van der Waals surface area contributed by atoms with Crippen LogP contribution in [0.15, 0.2) is 24.5 Å². The number of hydrogen-bond donors (Lipinski definition) is 2. The molecule has 162 valence electrons. The van der Waals surface area contributed by atoms with Gasteiger partial charge in [-0.1, -0.05) is 0 Å². The quantitative estimate of drug-likeness (QED) is 0.638. The van der Waals surface area contributed by atoms with Gasteiger partial charge in [-0.25, -0.2) is 0 Å². The van der Waals surface area contributed by atoms with Gasteiger partial charge < -0.3 is 25.0 Å². The Bertz CT molecular complexity index is 614. The van der Waals surface area contributed by atoms with Gasteiger partial charge in [-0.3, -0.25) is 9.78 Å². The van der Waals surface area contributed by atoms with Crippen LogP contribution in [0, 0.1) is 5.92 Å². The van der Waals surface area contributed by atoms with E-state index in [0.717, 1.165) is 51.9 Å². The first kappa shape index (κ1) is 22.0. The van der Waals surface area contributed by atoms with Crippen molar-refractivity contribution >= 4 is 11.7 Å². The standard InChI is InChI=1S/C22H36N4O3/c1-3-29-22(28)18-6-12-25(13-7-18)16-21(27)17(2)24-19-8-14-26(15-9-19)20-4-10-23-11-5-20/h4-5,10-11,17-19,21,24,27H,3,6-9,12-16H2,1-2H3. The van der Waals surface area contributed by atoms with Crippen LogP contribution in [0.1, 0.15) is 39.5 Å². The number of ether oxygens (including phenoxy) is 1. The van der Waals surface area contributed by atoms with Gasteiger partial charge in [-0.05, 0) is 64.8 Å². The van der Waals surface area contributed by atoms with E-state index in [9.17, 15) is 9.90 Å². The lowest BCUT2D eigenvalue weighted by Crippen LogP contribution is -2.52. The van der Waals surface area contributed by atoms with E-state index in [4.69, 9.17) is 4.74 Å². The van der Waals surface area contributed by atoms with Crippen molar-refractivity contribution in [1.29, 1.82) is 0 Å². The summed E-state index contributed by atoms with van der Waals surface area (Å²) in [5, 5.41) is 14.3. The lowest BCUT2D eigenvalue weighted by atomic mass is 9.96. The molecule has 0 amide bonds. The van der Waals surface area contributed by atoms with Crippen LogP contribution in [0.4, 0.5) is 5.69 Å². The highest BCUT2D eigenvalue weighted by molar-refractivity contribution is 5.72. The second-order valence-corrected chi connectivity index (χ2v) is 8.32. The third kappa shape index (κ3) is 6.39. The van der Waals surface area contributed by atoms with Gasteiger partial charge >= 0.3 is 5.97 Å². The SMILES string of the molecule is CCOC(=O)C1CCN(CC(O)C(C)NC2CCN(c3ccncc3)CC2)CC1. The number of nitrogens with zero attached hydrogens (tertiary/aromatic N) is 3. The molecule has 2 unspecified atom stereocenters. The minimum absolute atomic E-state index is 0.0180. The molecule has 3 rings (SSSR count). The van der Waals surface area contributed by atoms with Crippen molar-refractivity contribution in [2.24, 2.45) is 5.92 Å². The Morgan fingerprint density at radius 2 is 1.86 bits per heavy atom. The topological polar surface area (TPSA) is 77.9 Å². The molecule has 2 N–H and O–H groups in total. The molecule has 2 atom stereocenters. The number of aromatic nitrogens is 1. The van der Waals surface area contributed by atoms with E-state index in [1.807, 2.05) is 19.3 Å². The molecule has 7 nitrogen and oxygen atoms in total. The van der Waals surface area contributed by atoms with E-state index in [1.54, 1.807) is 0 Å². The van der Waals surface area contributed by atoms with Crippen LogP contribution in [-0.2, 0) is 9.53 Å². The summed E-state index contributed by atoms with van der Waals surface area (Å²) in [4.78, 5) is 20.6. The molecule has 2 saturated heterocycles. The van der Waals surface area contributed by atoms with Crippen molar-refractivity contribution in [2.75, 3.05) is 44.2 Å². The smallest absolute Gasteiger partial charge is 0.309 e. The Morgan fingerprint density at radius 1 is 1.21 bits per heavy atom. The maximum absolute atomic E-state index is 11.9. The van der Waals surface area contributed by atoms with Gasteiger partial charge in [-0.15, -0.1) is 0 Å². The average Bonchev–Trinajstić information content (AvgIpc) is 2.75. The van der Waals surface area contributed by atoms with Crippen molar-refractivity contribution in [3.05, 3.63) is 24.5 Å². The number of piperidine rings is 2. The Kier molecular flexibility index (Phi) is 8.27. The molecule has 1 aromatic rings. The zero-order chi connectivity index (χ0) is 20.6. The summed E-state index contributed by atoms with van der Waals surface area (Å²) in [6, 6.07) is 4.61. The molecule has 7 heteroatoms. The average molecular weight is 405 g/mol. The molecule has 1 aromatic heterocycles. The number of likely N-dealkylation sites (tertiary alicyclic amines) is 1. The van der Waals surface area contributed by atoms with Gasteiger partial charge in [0, 0.05) is 49.8 Å². The van der Waals surface area contributed by atoms with Crippen LogP contribution in [0.5, 0.6) is 0 Å². The maximum Gasteiger partial charge on any atom is 0.309 e. The molecule has 0 radical (unpaired) electrons. The number of carbonyl (C=O) groups is 1. The molecule has 3 heterocycles. The summed E-state index contributed by atoms with van der Waals surface area (Å²) in [6.45, 7) is 8.75. The van der Waals surface area contributed by atoms with E-state index in [-0.39, 0.29) is 17.9 Å². The van der Waals surface area contributed by atoms with Crippen LogP contribution in [0.2, 0.25) is 0 Å². The lowest BCUT2D eigenvalue weighted by Gasteiger charge is -2.37. The fraction of sp³-hybridized carbons (Fsp3) is 0.727. The van der Waals surface area contributed by atoms with Gasteiger partial charge in [0.15, 0.2) is 0 Å². The normalized spacial score (nSPS) is 21.7. The Hall–Kier alpha value is -1.70. The summed E-state index contributed by atoms with van der Waals surface area (Å²) in [5.74, 6) is -0.0506. The molecule has 0 saturated carbocycles. The molecule has 0 aromatic carbocycles. The molecular formula is C22H36N4O3. The third-order valence-corrected chi connectivity index (χ3v) is 6.25. The summed E-state index contributed by atoms with van der Waals surface area (Å²) in [5.41, 5.74) is 1.23. The number of pyridine rings is 1. The zero-order valence-corrected chi connectivity index (χ0v) is 17.8. The fourth-order valence-electron chi connectivity index (χ4n) is 4.38. The molecule has 2 aliphatic rings. The number of aliphatic hydroxyl groups is 1. The van der Waals surface area contributed by atoms with Crippen LogP contribution < -0.4 is 10.2 Å². The predicted molar refractivity (Wildman–Crippen MR) is 114 cm³/mol. The fourth-order valence-corrected chi connectivity index (χ4v) is 4.38. The number of hydrogen-bond acceptors (Lipinski definition) is 7. The van der Waals surface area contributed by atoms with E-state index in [1.165, 1.54) is 5.69 Å². The van der Waals surface area contributed by atoms with Crippen LogP contribution >= 0.6 is 0 Å². The lowest BCUT2D eigenvalue weighted by molar-refractivity contribution is -0.149. The summed E-state index contributed by atoms with van der Waals surface area (Å²) < 4.78 is 5.13. The Balaban J connectivity index is 1.36. The van der Waals surface area contributed by atoms with Gasteiger partial charge in [0.1, 0.15) is 0 Å². The predicted octanol–water partition coefficient (Wildman–Crippen LogP) is 1.66. The number of carbonyl (C=O) groups excluding carboxylic acids is 1. The van der Waals surface area contributed by atoms with E-state index >= 15 is 0 Å².